The van der Waals surface area contributed by atoms with Crippen molar-refractivity contribution in [2.24, 2.45) is 5.73 Å². The van der Waals surface area contributed by atoms with Crippen molar-refractivity contribution >= 4 is 23.0 Å². The van der Waals surface area contributed by atoms with E-state index in [0.717, 1.165) is 13.1 Å². The Labute approximate surface area is 103 Å². The Morgan fingerprint density at radius 3 is 2.83 bits per heavy atom. The van der Waals surface area contributed by atoms with E-state index < -0.39 is 5.91 Å². The molecule has 94 valence electrons. The number of ether oxygens (including phenoxy) is 1. The number of hydrogen-bond acceptors (Lipinski definition) is 5. The highest BCUT2D eigenvalue weighted by Crippen LogP contribution is 2.24. The largest absolute Gasteiger partial charge is 0.423 e. The molecule has 1 aromatic heterocycles. The summed E-state index contributed by atoms with van der Waals surface area (Å²) in [6.07, 6.45) is 0. The van der Waals surface area contributed by atoms with Crippen LogP contribution in [-0.2, 0) is 4.74 Å². The minimum atomic E-state index is -0.498. The lowest BCUT2D eigenvalue weighted by atomic mass is 10.2. The van der Waals surface area contributed by atoms with Crippen LogP contribution in [0.1, 0.15) is 10.4 Å². The monoisotopic (exact) mass is 247 g/mol. The second-order valence-corrected chi connectivity index (χ2v) is 4.11. The van der Waals surface area contributed by atoms with Crippen LogP contribution in [0.4, 0.5) is 6.01 Å². The maximum atomic E-state index is 11.3. The third-order valence-corrected chi connectivity index (χ3v) is 2.95. The Bertz CT molecular complexity index is 587. The van der Waals surface area contributed by atoms with Crippen LogP contribution >= 0.6 is 0 Å². The number of nitrogens with zero attached hydrogens (tertiary/aromatic N) is 2. The van der Waals surface area contributed by atoms with Crippen molar-refractivity contribution in [3.63, 3.8) is 0 Å². The fourth-order valence-electron chi connectivity index (χ4n) is 2.03. The van der Waals surface area contributed by atoms with E-state index in [1.54, 1.807) is 18.2 Å². The molecule has 1 amide bonds. The number of anilines is 1. The number of morpholine rings is 1. The third kappa shape index (κ3) is 1.80. The molecule has 1 aromatic carbocycles. The third-order valence-electron chi connectivity index (χ3n) is 2.95. The van der Waals surface area contributed by atoms with Crippen molar-refractivity contribution in [1.29, 1.82) is 0 Å². The Morgan fingerprint density at radius 1 is 1.33 bits per heavy atom. The number of aromatic nitrogens is 1. The molecule has 1 saturated heterocycles. The predicted molar refractivity (Wildman–Crippen MR) is 65.6 cm³/mol. The summed E-state index contributed by atoms with van der Waals surface area (Å²) in [6.45, 7) is 2.78. The number of rotatable bonds is 2. The molecule has 2 N–H and O–H groups in total. The van der Waals surface area contributed by atoms with E-state index in [-0.39, 0.29) is 0 Å². The van der Waals surface area contributed by atoms with E-state index in [1.807, 2.05) is 4.90 Å². The van der Waals surface area contributed by atoms with Gasteiger partial charge in [0.2, 0.25) is 0 Å². The SMILES string of the molecule is NC(=O)c1cccc2oc(N3CCOCC3)nc12. The minimum absolute atomic E-state index is 0.385. The zero-order valence-corrected chi connectivity index (χ0v) is 9.76. The van der Waals surface area contributed by atoms with Crippen LogP contribution < -0.4 is 10.6 Å². The number of primary amides is 1. The van der Waals surface area contributed by atoms with Gasteiger partial charge in [-0.1, -0.05) is 6.07 Å². The molecule has 18 heavy (non-hydrogen) atoms. The van der Waals surface area contributed by atoms with Crippen LogP contribution in [0.25, 0.3) is 11.1 Å². The lowest BCUT2D eigenvalue weighted by molar-refractivity contribution is 0.100. The van der Waals surface area contributed by atoms with E-state index in [9.17, 15) is 4.79 Å². The van der Waals surface area contributed by atoms with Crippen LogP contribution in [0.5, 0.6) is 0 Å². The van der Waals surface area contributed by atoms with Crippen LogP contribution in [0.15, 0.2) is 22.6 Å². The smallest absolute Gasteiger partial charge is 0.298 e. The molecule has 0 saturated carbocycles. The van der Waals surface area contributed by atoms with Crippen molar-refractivity contribution in [2.75, 3.05) is 31.2 Å². The Balaban J connectivity index is 2.04. The lowest BCUT2D eigenvalue weighted by Crippen LogP contribution is -2.36. The summed E-state index contributed by atoms with van der Waals surface area (Å²) in [4.78, 5) is 17.7. The molecule has 0 atom stereocenters. The van der Waals surface area contributed by atoms with Gasteiger partial charge in [-0.05, 0) is 12.1 Å². The van der Waals surface area contributed by atoms with Gasteiger partial charge < -0.3 is 19.8 Å². The first kappa shape index (κ1) is 11.0. The zero-order valence-electron chi connectivity index (χ0n) is 9.76. The molecule has 0 unspecified atom stereocenters. The number of carbonyl (C=O) groups is 1. The molecule has 6 heteroatoms. The molecule has 0 aliphatic carbocycles. The first-order valence-corrected chi connectivity index (χ1v) is 5.78. The fourth-order valence-corrected chi connectivity index (χ4v) is 2.03. The van der Waals surface area contributed by atoms with E-state index >= 15 is 0 Å². The number of benzene rings is 1. The molecule has 1 fully saturated rings. The van der Waals surface area contributed by atoms with Crippen molar-refractivity contribution < 1.29 is 13.9 Å². The average Bonchev–Trinajstić information content (AvgIpc) is 2.83. The van der Waals surface area contributed by atoms with Gasteiger partial charge in [-0.25, -0.2) is 0 Å². The molecular formula is C12H13N3O3. The molecule has 0 spiro atoms. The number of para-hydroxylation sites is 1. The van der Waals surface area contributed by atoms with Crippen molar-refractivity contribution in [3.8, 4) is 0 Å². The highest BCUT2D eigenvalue weighted by atomic mass is 16.5. The maximum absolute atomic E-state index is 11.3. The van der Waals surface area contributed by atoms with Crippen LogP contribution in [0, 0.1) is 0 Å². The van der Waals surface area contributed by atoms with E-state index in [2.05, 4.69) is 4.98 Å². The van der Waals surface area contributed by atoms with Crippen LogP contribution in [-0.4, -0.2) is 37.2 Å². The van der Waals surface area contributed by atoms with Gasteiger partial charge in [0.05, 0.1) is 18.8 Å². The van der Waals surface area contributed by atoms with Gasteiger partial charge >= 0.3 is 0 Å². The zero-order chi connectivity index (χ0) is 12.5. The van der Waals surface area contributed by atoms with Gasteiger partial charge in [-0.15, -0.1) is 0 Å². The first-order valence-electron chi connectivity index (χ1n) is 5.78. The molecule has 2 aromatic rings. The highest BCUT2D eigenvalue weighted by molar-refractivity contribution is 6.03. The topological polar surface area (TPSA) is 81.6 Å². The summed E-state index contributed by atoms with van der Waals surface area (Å²) < 4.78 is 10.9. The van der Waals surface area contributed by atoms with Gasteiger partial charge in [0, 0.05) is 13.1 Å². The normalized spacial score (nSPS) is 16.1. The number of hydrogen-bond donors (Lipinski definition) is 1. The van der Waals surface area contributed by atoms with Gasteiger partial charge in [0.15, 0.2) is 5.58 Å². The van der Waals surface area contributed by atoms with Crippen molar-refractivity contribution in [1.82, 2.24) is 4.98 Å². The Hall–Kier alpha value is -2.08. The Kier molecular flexibility index (Phi) is 2.64. The standard InChI is InChI=1S/C12H13N3O3/c13-11(16)8-2-1-3-9-10(8)14-12(18-9)15-4-6-17-7-5-15/h1-3H,4-7H2,(H2,13,16). The van der Waals surface area contributed by atoms with Crippen molar-refractivity contribution in [2.45, 2.75) is 0 Å². The van der Waals surface area contributed by atoms with Gasteiger partial charge in [-0.3, -0.25) is 4.79 Å². The summed E-state index contributed by atoms with van der Waals surface area (Å²) in [6, 6.07) is 5.67. The number of carbonyl (C=O) groups excluding carboxylic acids is 1. The lowest BCUT2D eigenvalue weighted by Gasteiger charge is -2.24. The van der Waals surface area contributed by atoms with Crippen molar-refractivity contribution in [3.05, 3.63) is 23.8 Å². The molecule has 6 nitrogen and oxygen atoms in total. The summed E-state index contributed by atoms with van der Waals surface area (Å²) in [5.41, 5.74) is 6.79. The molecule has 0 radical (unpaired) electrons. The van der Waals surface area contributed by atoms with E-state index in [4.69, 9.17) is 14.9 Å². The molecule has 1 aliphatic rings. The highest BCUT2D eigenvalue weighted by Gasteiger charge is 2.19. The number of nitrogens with two attached hydrogens (primary N) is 1. The number of oxazole rings is 1. The number of amides is 1. The predicted octanol–water partition coefficient (Wildman–Crippen LogP) is 0.763. The summed E-state index contributed by atoms with van der Waals surface area (Å²) >= 11 is 0. The van der Waals surface area contributed by atoms with E-state index in [1.165, 1.54) is 0 Å². The molecule has 1 aliphatic heterocycles. The number of fused-ring (bicyclic) bond motifs is 1. The average molecular weight is 247 g/mol. The molecular weight excluding hydrogens is 234 g/mol. The van der Waals surface area contributed by atoms with Gasteiger partial charge in [0.25, 0.3) is 11.9 Å². The summed E-state index contributed by atoms with van der Waals surface area (Å²) in [5, 5.41) is 0. The first-order chi connectivity index (χ1) is 8.75. The second-order valence-electron chi connectivity index (χ2n) is 4.11. The van der Waals surface area contributed by atoms with Crippen LogP contribution in [0.2, 0.25) is 0 Å². The second kappa shape index (κ2) is 4.30. The maximum Gasteiger partial charge on any atom is 0.298 e. The minimum Gasteiger partial charge on any atom is -0.423 e. The van der Waals surface area contributed by atoms with Crippen LogP contribution in [0.3, 0.4) is 0 Å². The summed E-state index contributed by atoms with van der Waals surface area (Å²) in [5.74, 6) is -0.498. The van der Waals surface area contributed by atoms with E-state index in [0.29, 0.717) is 35.9 Å². The molecule has 2 heterocycles. The van der Waals surface area contributed by atoms with Gasteiger partial charge in [0.1, 0.15) is 5.52 Å². The quantitative estimate of drug-likeness (QED) is 0.847. The summed E-state index contributed by atoms with van der Waals surface area (Å²) in [7, 11) is 0. The fraction of sp³-hybridized carbons (Fsp3) is 0.333. The van der Waals surface area contributed by atoms with Gasteiger partial charge in [-0.2, -0.15) is 4.98 Å². The Morgan fingerprint density at radius 2 is 2.11 bits per heavy atom. The molecule has 0 bridgehead atoms. The molecule has 3 rings (SSSR count).